The van der Waals surface area contributed by atoms with E-state index in [1.807, 2.05) is 63.2 Å². The number of benzene rings is 2. The normalized spacial score (nSPS) is 10.3. The molecule has 0 saturated carbocycles. The molecule has 27 heavy (non-hydrogen) atoms. The highest BCUT2D eigenvalue weighted by Crippen LogP contribution is 2.22. The van der Waals surface area contributed by atoms with Crippen LogP contribution >= 0.6 is 0 Å². The lowest BCUT2D eigenvalue weighted by atomic mass is 10.2. The zero-order chi connectivity index (χ0) is 19.2. The summed E-state index contributed by atoms with van der Waals surface area (Å²) in [5, 5.41) is 15.4. The molecule has 0 aliphatic rings. The number of rotatable bonds is 6. The minimum atomic E-state index is 0.140. The number of hydrogen-bond donors (Lipinski definition) is 2. The molecular formula is C21H21N5O. The fourth-order valence-electron chi connectivity index (χ4n) is 2.52. The minimum Gasteiger partial charge on any atom is -0.491 e. The second-order valence-electron chi connectivity index (χ2n) is 6.35. The third-order valence-corrected chi connectivity index (χ3v) is 3.60. The number of nitrogens with one attached hydrogen (secondary N) is 2. The average Bonchev–Trinajstić information content (AvgIpc) is 2.62. The van der Waals surface area contributed by atoms with Crippen LogP contribution in [0.3, 0.4) is 0 Å². The second kappa shape index (κ2) is 8.19. The molecular weight excluding hydrogens is 338 g/mol. The summed E-state index contributed by atoms with van der Waals surface area (Å²) in [5.41, 5.74) is 3.07. The van der Waals surface area contributed by atoms with Crippen molar-refractivity contribution in [2.24, 2.45) is 0 Å². The van der Waals surface area contributed by atoms with Crippen molar-refractivity contribution < 1.29 is 4.74 Å². The van der Waals surface area contributed by atoms with Gasteiger partial charge in [-0.2, -0.15) is 10.2 Å². The number of nitrogens with zero attached hydrogens (tertiary/aromatic N) is 3. The monoisotopic (exact) mass is 359 g/mol. The SMILES string of the molecule is Cc1cc(Nc2ccc(OC(C)C)cc2)nc(Nc2cccc(C#N)c2)n1. The molecule has 0 aliphatic carbocycles. The van der Waals surface area contributed by atoms with E-state index in [0.717, 1.165) is 22.8 Å². The van der Waals surface area contributed by atoms with E-state index in [9.17, 15) is 0 Å². The zero-order valence-corrected chi connectivity index (χ0v) is 15.5. The molecule has 0 radical (unpaired) electrons. The molecule has 1 aromatic heterocycles. The maximum absolute atomic E-state index is 9.02. The molecule has 0 atom stereocenters. The van der Waals surface area contributed by atoms with Gasteiger partial charge in [-0.25, -0.2) is 4.98 Å². The molecule has 0 spiro atoms. The molecule has 0 saturated heterocycles. The highest BCUT2D eigenvalue weighted by atomic mass is 16.5. The van der Waals surface area contributed by atoms with Crippen LogP contribution in [-0.4, -0.2) is 16.1 Å². The molecule has 3 rings (SSSR count). The summed E-state index contributed by atoms with van der Waals surface area (Å²) in [4.78, 5) is 8.91. The molecule has 1 heterocycles. The average molecular weight is 359 g/mol. The van der Waals surface area contributed by atoms with Gasteiger partial charge in [0.1, 0.15) is 11.6 Å². The van der Waals surface area contributed by atoms with Gasteiger partial charge in [0.05, 0.1) is 17.7 Å². The minimum absolute atomic E-state index is 0.140. The molecule has 2 N–H and O–H groups in total. The molecule has 136 valence electrons. The summed E-state index contributed by atoms with van der Waals surface area (Å²) in [7, 11) is 0. The van der Waals surface area contributed by atoms with Crippen molar-refractivity contribution in [1.29, 1.82) is 5.26 Å². The maximum atomic E-state index is 9.02. The van der Waals surface area contributed by atoms with E-state index in [1.165, 1.54) is 0 Å². The third-order valence-electron chi connectivity index (χ3n) is 3.60. The molecule has 0 aliphatic heterocycles. The fourth-order valence-corrected chi connectivity index (χ4v) is 2.52. The Morgan fingerprint density at radius 1 is 0.963 bits per heavy atom. The van der Waals surface area contributed by atoms with Crippen LogP contribution in [0.25, 0.3) is 0 Å². The Labute approximate surface area is 158 Å². The lowest BCUT2D eigenvalue weighted by molar-refractivity contribution is 0.242. The largest absolute Gasteiger partial charge is 0.491 e. The van der Waals surface area contributed by atoms with Crippen molar-refractivity contribution in [3.63, 3.8) is 0 Å². The Morgan fingerprint density at radius 2 is 1.74 bits per heavy atom. The summed E-state index contributed by atoms with van der Waals surface area (Å²) in [6.45, 7) is 5.90. The number of hydrogen-bond acceptors (Lipinski definition) is 6. The Kier molecular flexibility index (Phi) is 5.53. The lowest BCUT2D eigenvalue weighted by Gasteiger charge is -2.12. The van der Waals surface area contributed by atoms with Crippen LogP contribution in [0.5, 0.6) is 5.75 Å². The van der Waals surface area contributed by atoms with Gasteiger partial charge in [0.15, 0.2) is 0 Å². The van der Waals surface area contributed by atoms with Gasteiger partial charge in [0, 0.05) is 23.1 Å². The number of aryl methyl sites for hydroxylation is 1. The van der Waals surface area contributed by atoms with Crippen molar-refractivity contribution in [2.75, 3.05) is 10.6 Å². The van der Waals surface area contributed by atoms with Gasteiger partial charge < -0.3 is 15.4 Å². The smallest absolute Gasteiger partial charge is 0.229 e. The topological polar surface area (TPSA) is 82.9 Å². The Hall–Kier alpha value is -3.59. The predicted octanol–water partition coefficient (Wildman–Crippen LogP) is 4.93. The van der Waals surface area contributed by atoms with Crippen molar-refractivity contribution in [1.82, 2.24) is 9.97 Å². The number of aromatic nitrogens is 2. The number of ether oxygens (including phenoxy) is 1. The molecule has 0 unspecified atom stereocenters. The van der Waals surface area contributed by atoms with Crippen LogP contribution in [0.2, 0.25) is 0 Å². The Balaban J connectivity index is 1.76. The Bertz CT molecular complexity index is 961. The highest BCUT2D eigenvalue weighted by Gasteiger charge is 2.05. The van der Waals surface area contributed by atoms with Crippen LogP contribution in [0.4, 0.5) is 23.1 Å². The number of anilines is 4. The van der Waals surface area contributed by atoms with E-state index in [2.05, 4.69) is 26.7 Å². The van der Waals surface area contributed by atoms with Crippen LogP contribution in [0, 0.1) is 18.3 Å². The van der Waals surface area contributed by atoms with Crippen molar-refractivity contribution in [3.05, 3.63) is 65.9 Å². The van der Waals surface area contributed by atoms with Crippen molar-refractivity contribution >= 4 is 23.1 Å². The molecule has 6 nitrogen and oxygen atoms in total. The van der Waals surface area contributed by atoms with Crippen molar-refractivity contribution in [2.45, 2.75) is 26.9 Å². The van der Waals surface area contributed by atoms with Gasteiger partial charge in [0.25, 0.3) is 0 Å². The summed E-state index contributed by atoms with van der Waals surface area (Å²) in [5.74, 6) is 1.97. The summed E-state index contributed by atoms with van der Waals surface area (Å²) < 4.78 is 5.66. The maximum Gasteiger partial charge on any atom is 0.229 e. The summed E-state index contributed by atoms with van der Waals surface area (Å²) in [6.07, 6.45) is 0.140. The van der Waals surface area contributed by atoms with E-state index in [0.29, 0.717) is 17.3 Å². The quantitative estimate of drug-likeness (QED) is 0.649. The first-order chi connectivity index (χ1) is 13.0. The van der Waals surface area contributed by atoms with Crippen LogP contribution in [-0.2, 0) is 0 Å². The third kappa shape index (κ3) is 5.19. The van der Waals surface area contributed by atoms with Gasteiger partial charge in [0.2, 0.25) is 5.95 Å². The molecule has 0 bridgehead atoms. The van der Waals surface area contributed by atoms with Gasteiger partial charge >= 0.3 is 0 Å². The van der Waals surface area contributed by atoms with Crippen molar-refractivity contribution in [3.8, 4) is 11.8 Å². The van der Waals surface area contributed by atoms with Crippen LogP contribution < -0.4 is 15.4 Å². The first-order valence-corrected chi connectivity index (χ1v) is 8.68. The molecule has 0 amide bonds. The second-order valence-corrected chi connectivity index (χ2v) is 6.35. The zero-order valence-electron chi connectivity index (χ0n) is 15.5. The van der Waals surface area contributed by atoms with Gasteiger partial charge in [-0.05, 0) is 63.2 Å². The molecule has 2 aromatic carbocycles. The summed E-state index contributed by atoms with van der Waals surface area (Å²) >= 11 is 0. The van der Waals surface area contributed by atoms with Gasteiger partial charge in [-0.1, -0.05) is 6.07 Å². The van der Waals surface area contributed by atoms with E-state index < -0.39 is 0 Å². The van der Waals surface area contributed by atoms with Crippen LogP contribution in [0.1, 0.15) is 25.1 Å². The molecule has 3 aromatic rings. The number of nitriles is 1. The van der Waals surface area contributed by atoms with Crippen LogP contribution in [0.15, 0.2) is 54.6 Å². The standard InChI is InChI=1S/C21H21N5O/c1-14(2)27-19-9-7-17(8-10-19)24-20-11-15(3)23-21(26-20)25-18-6-4-5-16(12-18)13-22/h4-12,14H,1-3H3,(H2,23,24,25,26). The first kappa shape index (κ1) is 18.2. The molecule has 0 fully saturated rings. The van der Waals surface area contributed by atoms with E-state index in [4.69, 9.17) is 10.00 Å². The van der Waals surface area contributed by atoms with E-state index in [-0.39, 0.29) is 6.10 Å². The van der Waals surface area contributed by atoms with E-state index >= 15 is 0 Å². The fraction of sp³-hybridized carbons (Fsp3) is 0.190. The van der Waals surface area contributed by atoms with E-state index in [1.54, 1.807) is 12.1 Å². The lowest BCUT2D eigenvalue weighted by Crippen LogP contribution is -2.05. The summed E-state index contributed by atoms with van der Waals surface area (Å²) in [6, 6.07) is 18.9. The molecule has 6 heteroatoms. The van der Waals surface area contributed by atoms with Gasteiger partial charge in [-0.15, -0.1) is 0 Å². The van der Waals surface area contributed by atoms with Gasteiger partial charge in [-0.3, -0.25) is 0 Å². The first-order valence-electron chi connectivity index (χ1n) is 8.68. The predicted molar refractivity (Wildman–Crippen MR) is 107 cm³/mol. The Morgan fingerprint density at radius 3 is 2.44 bits per heavy atom. The highest BCUT2D eigenvalue weighted by molar-refractivity contribution is 5.61.